The molecule has 0 bridgehead atoms. The quantitative estimate of drug-likeness (QED) is 0.792. The average molecular weight is 353 g/mol. The molecule has 2 aliphatic rings. The Balaban J connectivity index is 1.28. The van der Waals surface area contributed by atoms with Crippen LogP contribution in [0.3, 0.4) is 0 Å². The number of carbonyl (C=O) groups excluding carboxylic acids is 1. The third kappa shape index (κ3) is 3.82. The van der Waals surface area contributed by atoms with E-state index in [1.807, 2.05) is 29.4 Å². The lowest BCUT2D eigenvalue weighted by molar-refractivity contribution is -0.128. The predicted octanol–water partition coefficient (Wildman–Crippen LogP) is 3.01. The Morgan fingerprint density at radius 1 is 1.00 bits per heavy atom. The molecule has 1 aliphatic carbocycles. The summed E-state index contributed by atoms with van der Waals surface area (Å²) in [6.45, 7) is 3.37. The second-order valence-electron chi connectivity index (χ2n) is 6.65. The summed E-state index contributed by atoms with van der Waals surface area (Å²) in [5, 5.41) is 0. The average Bonchev–Trinajstić information content (AvgIpc) is 3.15. The summed E-state index contributed by atoms with van der Waals surface area (Å²) < 4.78 is 0. The molecule has 4 rings (SSSR count). The number of aromatic nitrogens is 1. The molecule has 1 fully saturated rings. The van der Waals surface area contributed by atoms with E-state index in [1.54, 1.807) is 11.8 Å². The molecular weight excluding hydrogens is 330 g/mol. The molecule has 1 aromatic carbocycles. The molecule has 0 N–H and O–H groups in total. The van der Waals surface area contributed by atoms with Crippen molar-refractivity contribution in [3.8, 4) is 0 Å². The SMILES string of the molecule is O=C(CSc1ccc2c(c1)CCC2)N1CCN(c2ccncc2)CC1. The molecule has 1 saturated heterocycles. The lowest BCUT2D eigenvalue weighted by Crippen LogP contribution is -2.49. The van der Waals surface area contributed by atoms with Crippen LogP contribution in [0.2, 0.25) is 0 Å². The van der Waals surface area contributed by atoms with Crippen LogP contribution in [0.15, 0.2) is 47.6 Å². The maximum Gasteiger partial charge on any atom is 0.233 e. The standard InChI is InChI=1S/C20H23N3OS/c24-20(15-25-19-5-4-16-2-1-3-17(16)14-19)23-12-10-22(11-13-23)18-6-8-21-9-7-18/h4-9,14H,1-3,10-13,15H2. The van der Waals surface area contributed by atoms with Crippen molar-refractivity contribution in [2.75, 3.05) is 36.8 Å². The molecular formula is C20H23N3OS. The fourth-order valence-corrected chi connectivity index (χ4v) is 4.51. The topological polar surface area (TPSA) is 36.4 Å². The number of rotatable bonds is 4. The van der Waals surface area contributed by atoms with Gasteiger partial charge in [0, 0.05) is 49.2 Å². The number of aryl methyl sites for hydroxylation is 2. The minimum atomic E-state index is 0.250. The summed E-state index contributed by atoms with van der Waals surface area (Å²) in [7, 11) is 0. The van der Waals surface area contributed by atoms with E-state index >= 15 is 0 Å². The zero-order chi connectivity index (χ0) is 17.1. The molecule has 25 heavy (non-hydrogen) atoms. The number of piperazine rings is 1. The van der Waals surface area contributed by atoms with Gasteiger partial charge in [-0.05, 0) is 54.7 Å². The van der Waals surface area contributed by atoms with Crippen molar-refractivity contribution in [2.24, 2.45) is 0 Å². The Morgan fingerprint density at radius 3 is 2.56 bits per heavy atom. The van der Waals surface area contributed by atoms with Crippen LogP contribution in [0.5, 0.6) is 0 Å². The first-order valence-corrected chi connectivity index (χ1v) is 9.95. The summed E-state index contributed by atoms with van der Waals surface area (Å²) >= 11 is 1.67. The van der Waals surface area contributed by atoms with Gasteiger partial charge in [0.15, 0.2) is 0 Å². The van der Waals surface area contributed by atoms with E-state index in [4.69, 9.17) is 0 Å². The van der Waals surface area contributed by atoms with Crippen molar-refractivity contribution >= 4 is 23.4 Å². The number of amides is 1. The summed E-state index contributed by atoms with van der Waals surface area (Å²) in [6.07, 6.45) is 7.31. The molecule has 2 heterocycles. The maximum absolute atomic E-state index is 12.5. The molecule has 1 aromatic heterocycles. The van der Waals surface area contributed by atoms with Crippen molar-refractivity contribution in [2.45, 2.75) is 24.2 Å². The largest absolute Gasteiger partial charge is 0.368 e. The minimum Gasteiger partial charge on any atom is -0.368 e. The van der Waals surface area contributed by atoms with Gasteiger partial charge in [-0.3, -0.25) is 9.78 Å². The van der Waals surface area contributed by atoms with E-state index in [9.17, 15) is 4.79 Å². The highest BCUT2D eigenvalue weighted by Gasteiger charge is 2.21. The lowest BCUT2D eigenvalue weighted by Gasteiger charge is -2.36. The number of hydrogen-bond acceptors (Lipinski definition) is 4. The van der Waals surface area contributed by atoms with Gasteiger partial charge in [0.25, 0.3) is 0 Å². The number of anilines is 1. The number of nitrogens with zero attached hydrogens (tertiary/aromatic N) is 3. The van der Waals surface area contributed by atoms with Gasteiger partial charge in [-0.2, -0.15) is 0 Å². The van der Waals surface area contributed by atoms with Crippen molar-refractivity contribution in [3.05, 3.63) is 53.9 Å². The van der Waals surface area contributed by atoms with Crippen molar-refractivity contribution in [3.63, 3.8) is 0 Å². The van der Waals surface area contributed by atoms with Gasteiger partial charge in [0.2, 0.25) is 5.91 Å². The Hall–Kier alpha value is -2.01. The first-order chi connectivity index (χ1) is 12.3. The second kappa shape index (κ2) is 7.48. The summed E-state index contributed by atoms with van der Waals surface area (Å²) in [6, 6.07) is 10.7. The van der Waals surface area contributed by atoms with Gasteiger partial charge in [0.1, 0.15) is 0 Å². The molecule has 1 amide bonds. The van der Waals surface area contributed by atoms with Crippen LogP contribution in [0.4, 0.5) is 5.69 Å². The fraction of sp³-hybridized carbons (Fsp3) is 0.400. The van der Waals surface area contributed by atoms with Crippen molar-refractivity contribution in [1.82, 2.24) is 9.88 Å². The first kappa shape index (κ1) is 16.5. The van der Waals surface area contributed by atoms with Gasteiger partial charge in [-0.1, -0.05) is 6.07 Å². The summed E-state index contributed by atoms with van der Waals surface area (Å²) in [5.41, 5.74) is 4.15. The van der Waals surface area contributed by atoms with Crippen LogP contribution in [-0.4, -0.2) is 47.7 Å². The van der Waals surface area contributed by atoms with Crippen LogP contribution in [-0.2, 0) is 17.6 Å². The zero-order valence-electron chi connectivity index (χ0n) is 14.4. The summed E-state index contributed by atoms with van der Waals surface area (Å²) in [4.78, 5) is 22.1. The monoisotopic (exact) mass is 353 g/mol. The number of thioether (sulfide) groups is 1. The van der Waals surface area contributed by atoms with Crippen LogP contribution >= 0.6 is 11.8 Å². The Bertz CT molecular complexity index is 742. The summed E-state index contributed by atoms with van der Waals surface area (Å²) in [5.74, 6) is 0.786. The molecule has 0 spiro atoms. The molecule has 0 radical (unpaired) electrons. The Kier molecular flexibility index (Phi) is 4.92. The first-order valence-electron chi connectivity index (χ1n) is 8.97. The molecule has 0 unspecified atom stereocenters. The normalized spacial score (nSPS) is 16.8. The predicted molar refractivity (Wildman–Crippen MR) is 102 cm³/mol. The van der Waals surface area contributed by atoms with Crippen LogP contribution in [0.25, 0.3) is 0 Å². The Labute approximate surface area is 153 Å². The molecule has 5 heteroatoms. The minimum absolute atomic E-state index is 0.250. The smallest absolute Gasteiger partial charge is 0.233 e. The van der Waals surface area contributed by atoms with Gasteiger partial charge in [-0.25, -0.2) is 0 Å². The Morgan fingerprint density at radius 2 is 1.76 bits per heavy atom. The highest BCUT2D eigenvalue weighted by atomic mass is 32.2. The van der Waals surface area contributed by atoms with Crippen LogP contribution < -0.4 is 4.90 Å². The van der Waals surface area contributed by atoms with E-state index in [0.29, 0.717) is 5.75 Å². The number of hydrogen-bond donors (Lipinski definition) is 0. The van der Waals surface area contributed by atoms with E-state index in [2.05, 4.69) is 28.1 Å². The maximum atomic E-state index is 12.5. The van der Waals surface area contributed by atoms with E-state index in [1.165, 1.54) is 41.0 Å². The molecule has 0 atom stereocenters. The molecule has 130 valence electrons. The van der Waals surface area contributed by atoms with Gasteiger partial charge in [-0.15, -0.1) is 11.8 Å². The van der Waals surface area contributed by atoms with Gasteiger partial charge < -0.3 is 9.80 Å². The van der Waals surface area contributed by atoms with E-state index < -0.39 is 0 Å². The number of carbonyl (C=O) groups is 1. The third-order valence-corrected chi connectivity index (χ3v) is 6.07. The highest BCUT2D eigenvalue weighted by molar-refractivity contribution is 8.00. The third-order valence-electron chi connectivity index (χ3n) is 5.09. The molecule has 0 saturated carbocycles. The number of fused-ring (bicyclic) bond motifs is 1. The van der Waals surface area contributed by atoms with Gasteiger partial charge >= 0.3 is 0 Å². The zero-order valence-corrected chi connectivity index (χ0v) is 15.2. The highest BCUT2D eigenvalue weighted by Crippen LogP contribution is 2.27. The van der Waals surface area contributed by atoms with Gasteiger partial charge in [0.05, 0.1) is 5.75 Å². The van der Waals surface area contributed by atoms with Crippen molar-refractivity contribution < 1.29 is 4.79 Å². The van der Waals surface area contributed by atoms with E-state index in [-0.39, 0.29) is 5.91 Å². The van der Waals surface area contributed by atoms with Crippen LogP contribution in [0, 0.1) is 0 Å². The molecule has 1 aliphatic heterocycles. The van der Waals surface area contributed by atoms with E-state index in [0.717, 1.165) is 26.2 Å². The molecule has 2 aromatic rings. The lowest BCUT2D eigenvalue weighted by atomic mass is 10.1. The van der Waals surface area contributed by atoms with Crippen molar-refractivity contribution in [1.29, 1.82) is 0 Å². The number of pyridine rings is 1. The second-order valence-corrected chi connectivity index (χ2v) is 7.69. The fourth-order valence-electron chi connectivity index (χ4n) is 3.64. The molecule has 4 nitrogen and oxygen atoms in total. The number of benzene rings is 1. The van der Waals surface area contributed by atoms with Crippen LogP contribution in [0.1, 0.15) is 17.5 Å².